The molecule has 9 aromatic rings. The van der Waals surface area contributed by atoms with Gasteiger partial charge in [-0.15, -0.1) is 0 Å². The predicted octanol–water partition coefficient (Wildman–Crippen LogP) is 20.3. The Hall–Kier alpha value is -6.98. The van der Waals surface area contributed by atoms with Crippen LogP contribution in [0.15, 0.2) is 144 Å². The van der Waals surface area contributed by atoms with E-state index in [0.717, 1.165) is 52.6 Å². The molecule has 83 heavy (non-hydrogen) atoms. The first-order valence-corrected chi connectivity index (χ1v) is 31.0. The molecule has 5 heteroatoms. The van der Waals surface area contributed by atoms with Gasteiger partial charge >= 0.3 is 0 Å². The summed E-state index contributed by atoms with van der Waals surface area (Å²) < 4.78 is 6.83. The summed E-state index contributed by atoms with van der Waals surface area (Å²) in [7, 11) is 0. The molecule has 424 valence electrons. The Morgan fingerprint density at radius 1 is 0.410 bits per heavy atom. The van der Waals surface area contributed by atoms with Gasteiger partial charge in [-0.3, -0.25) is 0 Å². The quantitative estimate of drug-likeness (QED) is 0.160. The van der Waals surface area contributed by atoms with Crippen LogP contribution in [0.25, 0.3) is 21.9 Å². The average molecular weight is 1090 g/mol. The molecule has 13 rings (SSSR count). The van der Waals surface area contributed by atoms with Crippen LogP contribution in [0.2, 0.25) is 0 Å². The van der Waals surface area contributed by atoms with E-state index in [-0.39, 0.29) is 44.6 Å². The highest BCUT2D eigenvalue weighted by atomic mass is 16.3. The van der Waals surface area contributed by atoms with Crippen LogP contribution in [-0.2, 0) is 37.9 Å². The van der Waals surface area contributed by atoms with Gasteiger partial charge in [-0.05, 0) is 217 Å². The van der Waals surface area contributed by atoms with Crippen LogP contribution >= 0.6 is 0 Å². The Labute approximate surface area is 497 Å². The van der Waals surface area contributed by atoms with Crippen molar-refractivity contribution in [2.24, 2.45) is 0 Å². The number of aryl methyl sites for hydroxylation is 2. The van der Waals surface area contributed by atoms with Gasteiger partial charge in [0.25, 0.3) is 6.71 Å². The van der Waals surface area contributed by atoms with Gasteiger partial charge in [0.2, 0.25) is 0 Å². The van der Waals surface area contributed by atoms with Crippen molar-refractivity contribution >= 4 is 96.2 Å². The van der Waals surface area contributed by atoms with Crippen molar-refractivity contribution < 1.29 is 4.42 Å². The average Bonchev–Trinajstić information content (AvgIpc) is 1.04. The number of hydrogen-bond donors (Lipinski definition) is 0. The zero-order valence-electron chi connectivity index (χ0n) is 53.4. The van der Waals surface area contributed by atoms with Crippen LogP contribution < -0.4 is 31.1 Å². The number of furan rings is 1. The van der Waals surface area contributed by atoms with Crippen molar-refractivity contribution in [3.63, 3.8) is 0 Å². The fourth-order valence-electron chi connectivity index (χ4n) is 14.9. The topological polar surface area (TPSA) is 22.9 Å². The Morgan fingerprint density at radius 2 is 0.892 bits per heavy atom. The molecule has 1 aromatic heterocycles. The van der Waals surface area contributed by atoms with Crippen LogP contribution in [0.1, 0.15) is 193 Å². The maximum Gasteiger partial charge on any atom is 0.252 e. The van der Waals surface area contributed by atoms with Gasteiger partial charge < -0.3 is 19.1 Å². The highest BCUT2D eigenvalue weighted by Crippen LogP contribution is 2.54. The summed E-state index contributed by atoms with van der Waals surface area (Å²) in [6, 6.07) is 55.3. The lowest BCUT2D eigenvalue weighted by Gasteiger charge is -2.48. The molecule has 0 unspecified atom stereocenters. The fourth-order valence-corrected chi connectivity index (χ4v) is 14.9. The Balaban J connectivity index is 1.15. The predicted molar refractivity (Wildman–Crippen MR) is 359 cm³/mol. The number of anilines is 9. The van der Waals surface area contributed by atoms with Crippen LogP contribution in [0, 0.1) is 13.8 Å². The summed E-state index contributed by atoms with van der Waals surface area (Å²) in [4.78, 5) is 7.88. The van der Waals surface area contributed by atoms with E-state index < -0.39 is 0 Å². The van der Waals surface area contributed by atoms with E-state index in [0.29, 0.717) is 0 Å². The zero-order valence-corrected chi connectivity index (χ0v) is 53.4. The highest BCUT2D eigenvalue weighted by Gasteiger charge is 2.48. The van der Waals surface area contributed by atoms with Gasteiger partial charge in [0.1, 0.15) is 11.2 Å². The van der Waals surface area contributed by atoms with Crippen LogP contribution in [-0.4, -0.2) is 6.71 Å². The van der Waals surface area contributed by atoms with Gasteiger partial charge in [0, 0.05) is 68.0 Å². The van der Waals surface area contributed by atoms with E-state index >= 15 is 0 Å². The molecule has 0 atom stereocenters. The first kappa shape index (κ1) is 55.2. The van der Waals surface area contributed by atoms with Gasteiger partial charge in [-0.25, -0.2) is 0 Å². The summed E-state index contributed by atoms with van der Waals surface area (Å²) >= 11 is 0. The third-order valence-electron chi connectivity index (χ3n) is 20.5. The molecule has 4 aliphatic rings. The second-order valence-electron chi connectivity index (χ2n) is 31.4. The number of fused-ring (bicyclic) bond motifs is 9. The lowest BCUT2D eigenvalue weighted by Crippen LogP contribution is -2.62. The Bertz CT molecular complexity index is 4100. The van der Waals surface area contributed by atoms with Crippen molar-refractivity contribution in [2.75, 3.05) is 14.7 Å². The van der Waals surface area contributed by atoms with E-state index in [1.54, 1.807) is 0 Å². The minimum Gasteiger partial charge on any atom is -0.456 e. The van der Waals surface area contributed by atoms with Crippen molar-refractivity contribution in [1.29, 1.82) is 0 Å². The second kappa shape index (κ2) is 18.3. The number of hydrogen-bond acceptors (Lipinski definition) is 4. The molecule has 0 fully saturated rings. The third-order valence-corrected chi connectivity index (χ3v) is 20.5. The summed E-state index contributed by atoms with van der Waals surface area (Å²) in [5.41, 5.74) is 29.0. The smallest absolute Gasteiger partial charge is 0.252 e. The normalized spacial score (nSPS) is 17.5. The molecule has 0 radical (unpaired) electrons. The second-order valence-corrected chi connectivity index (χ2v) is 31.4. The standard InChI is InChI=1S/C78H88BN3O/c1-47-38-49(72(3,4)5)24-32-63(47)80(64-33-25-50(39-48(64)2)73(6,7)8)53-28-31-61-65(43-53)82(54-26-29-56-55-22-20-21-23-69(55)83-70(56)44-54)68-41-51(74(9,10)11)40-67-71(68)79(61)62-45-59-60(78(18,19)37-36-77(59,16)17)46-66(62)81(67)52-27-30-57-58(42-52)76(14,15)35-34-75(57,12)13/h20-33,38-46H,34-37H2,1-19H3. The van der Waals surface area contributed by atoms with Crippen molar-refractivity contribution in [3.8, 4) is 0 Å². The molecule has 2 aliphatic carbocycles. The minimum atomic E-state index is -0.183. The summed E-state index contributed by atoms with van der Waals surface area (Å²) in [6.45, 7) is 45.4. The maximum absolute atomic E-state index is 6.83. The summed E-state index contributed by atoms with van der Waals surface area (Å²) in [5, 5.41) is 2.26. The summed E-state index contributed by atoms with van der Waals surface area (Å²) in [6.07, 6.45) is 4.63. The SMILES string of the molecule is Cc1cc(C(C)(C)C)ccc1N(c1ccc2c(c1)N(c1ccc3c(c1)oc1ccccc13)c1cc(C(C)(C)C)cc3c1B2c1cc2c(cc1N3c1ccc3c(c1)C(C)(C)CCC3(C)C)C(C)(C)CCC2(C)C)c1ccc(C(C)(C)C)cc1C. The first-order chi connectivity index (χ1) is 38.8. The number of nitrogens with zero attached hydrogens (tertiary/aromatic N) is 3. The number of para-hydroxylation sites is 1. The monoisotopic (exact) mass is 1090 g/mol. The van der Waals surface area contributed by atoms with Crippen molar-refractivity contribution in [3.05, 3.63) is 190 Å². The number of benzene rings is 8. The van der Waals surface area contributed by atoms with Gasteiger partial charge in [-0.2, -0.15) is 0 Å². The van der Waals surface area contributed by atoms with Crippen LogP contribution in [0.5, 0.6) is 0 Å². The van der Waals surface area contributed by atoms with Gasteiger partial charge in [0.15, 0.2) is 0 Å². The fraction of sp³-hybridized carbons (Fsp3) is 0.385. The molecule has 0 bridgehead atoms. The van der Waals surface area contributed by atoms with Gasteiger partial charge in [-0.1, -0.05) is 178 Å². The van der Waals surface area contributed by atoms with E-state index in [4.69, 9.17) is 4.42 Å². The molecule has 8 aromatic carbocycles. The number of rotatable bonds is 5. The largest absolute Gasteiger partial charge is 0.456 e. The lowest BCUT2D eigenvalue weighted by atomic mass is 9.33. The van der Waals surface area contributed by atoms with Crippen LogP contribution in [0.3, 0.4) is 0 Å². The Kier molecular flexibility index (Phi) is 12.2. The molecule has 0 saturated heterocycles. The van der Waals surface area contributed by atoms with E-state index in [9.17, 15) is 0 Å². The molecule has 0 amide bonds. The molecule has 0 spiro atoms. The molecule has 0 saturated carbocycles. The zero-order chi connectivity index (χ0) is 59.0. The van der Waals surface area contributed by atoms with Gasteiger partial charge in [0.05, 0.1) is 0 Å². The third kappa shape index (κ3) is 8.82. The molecular weight excluding hydrogens is 1010 g/mol. The molecule has 3 heterocycles. The van der Waals surface area contributed by atoms with E-state index in [1.165, 1.54) is 113 Å². The Morgan fingerprint density at radius 3 is 1.45 bits per heavy atom. The van der Waals surface area contributed by atoms with Crippen molar-refractivity contribution in [1.82, 2.24) is 0 Å². The van der Waals surface area contributed by atoms with Crippen molar-refractivity contribution in [2.45, 2.75) is 195 Å². The molecular formula is C78H88BN3O. The highest BCUT2D eigenvalue weighted by molar-refractivity contribution is 7.00. The minimum absolute atomic E-state index is 0.00201. The maximum atomic E-state index is 6.83. The first-order valence-electron chi connectivity index (χ1n) is 31.0. The lowest BCUT2D eigenvalue weighted by molar-refractivity contribution is 0.332. The molecule has 0 N–H and O–H groups in total. The van der Waals surface area contributed by atoms with E-state index in [1.807, 2.05) is 0 Å². The summed E-state index contributed by atoms with van der Waals surface area (Å²) in [5.74, 6) is 0. The van der Waals surface area contributed by atoms with E-state index in [2.05, 4.69) is 286 Å². The molecule has 4 nitrogen and oxygen atoms in total. The molecule has 2 aliphatic heterocycles. The van der Waals surface area contributed by atoms with Crippen LogP contribution in [0.4, 0.5) is 51.2 Å².